The minimum atomic E-state index is -0.328. The average Bonchev–Trinajstić information content (AvgIpc) is 2.38. The summed E-state index contributed by atoms with van der Waals surface area (Å²) >= 11 is 3.33. The van der Waals surface area contributed by atoms with Gasteiger partial charge in [-0.05, 0) is 48.4 Å². The Morgan fingerprint density at radius 1 is 1.16 bits per heavy atom. The fourth-order valence-electron chi connectivity index (χ4n) is 1.75. The molecule has 0 atom stereocenters. The van der Waals surface area contributed by atoms with E-state index < -0.39 is 0 Å². The number of halogens is 1. The average molecular weight is 321 g/mol. The zero-order chi connectivity index (χ0) is 13.8. The Bertz CT molecular complexity index is 571. The maximum absolute atomic E-state index is 11.5. The van der Waals surface area contributed by atoms with E-state index >= 15 is 0 Å². The van der Waals surface area contributed by atoms with E-state index in [-0.39, 0.29) is 11.7 Å². The lowest BCUT2D eigenvalue weighted by molar-refractivity contribution is 0.0526. The lowest BCUT2D eigenvalue weighted by atomic mass is 10.0. The largest absolute Gasteiger partial charge is 0.508 e. The van der Waals surface area contributed by atoms with Crippen LogP contribution in [0.2, 0.25) is 0 Å². The van der Waals surface area contributed by atoms with Gasteiger partial charge in [-0.3, -0.25) is 0 Å². The Kier molecular flexibility index (Phi) is 4.22. The first kappa shape index (κ1) is 13.6. The fraction of sp³-hybridized carbons (Fsp3) is 0.133. The number of carbonyl (C=O) groups is 1. The highest BCUT2D eigenvalue weighted by Gasteiger charge is 2.07. The van der Waals surface area contributed by atoms with Gasteiger partial charge < -0.3 is 9.84 Å². The molecule has 0 saturated carbocycles. The predicted octanol–water partition coefficient (Wildman–Crippen LogP) is 4.00. The van der Waals surface area contributed by atoms with E-state index in [1.54, 1.807) is 31.2 Å². The molecule has 1 N–H and O–H groups in total. The van der Waals surface area contributed by atoms with Crippen LogP contribution < -0.4 is 0 Å². The molecule has 19 heavy (non-hydrogen) atoms. The lowest BCUT2D eigenvalue weighted by Gasteiger charge is -2.06. The number of phenols is 1. The van der Waals surface area contributed by atoms with Crippen LogP contribution in [-0.2, 0) is 4.74 Å². The molecule has 0 saturated heterocycles. The summed E-state index contributed by atoms with van der Waals surface area (Å²) in [7, 11) is 0. The van der Waals surface area contributed by atoms with Crippen LogP contribution in [0.25, 0.3) is 11.1 Å². The smallest absolute Gasteiger partial charge is 0.338 e. The van der Waals surface area contributed by atoms with Crippen molar-refractivity contribution >= 4 is 21.9 Å². The molecule has 0 heterocycles. The van der Waals surface area contributed by atoms with Crippen LogP contribution in [-0.4, -0.2) is 17.7 Å². The highest BCUT2D eigenvalue weighted by atomic mass is 79.9. The Balaban J connectivity index is 2.29. The molecule has 98 valence electrons. The summed E-state index contributed by atoms with van der Waals surface area (Å²) in [5, 5.41) is 9.56. The molecule has 0 aromatic heterocycles. The van der Waals surface area contributed by atoms with Crippen molar-refractivity contribution in [2.45, 2.75) is 6.92 Å². The Morgan fingerprint density at radius 3 is 2.42 bits per heavy atom. The summed E-state index contributed by atoms with van der Waals surface area (Å²) in [6.07, 6.45) is 0. The van der Waals surface area contributed by atoms with Gasteiger partial charge >= 0.3 is 5.97 Å². The summed E-state index contributed by atoms with van der Waals surface area (Å²) in [6, 6.07) is 12.3. The van der Waals surface area contributed by atoms with Crippen molar-refractivity contribution in [3.05, 3.63) is 52.5 Å². The first-order chi connectivity index (χ1) is 9.10. The first-order valence-corrected chi connectivity index (χ1v) is 6.66. The Labute approximate surface area is 120 Å². The zero-order valence-corrected chi connectivity index (χ0v) is 12.0. The Hall–Kier alpha value is -1.81. The molecule has 0 unspecified atom stereocenters. The van der Waals surface area contributed by atoms with Gasteiger partial charge in [0.05, 0.1) is 12.2 Å². The fourth-order valence-corrected chi connectivity index (χ4v) is 2.24. The molecule has 0 aliphatic carbocycles. The summed E-state index contributed by atoms with van der Waals surface area (Å²) < 4.78 is 5.73. The third kappa shape index (κ3) is 3.35. The van der Waals surface area contributed by atoms with Gasteiger partial charge in [-0.15, -0.1) is 0 Å². The summed E-state index contributed by atoms with van der Waals surface area (Å²) in [6.45, 7) is 2.14. The molecule has 2 aromatic rings. The molecule has 0 fully saturated rings. The van der Waals surface area contributed by atoms with Gasteiger partial charge in [-0.25, -0.2) is 4.79 Å². The molecule has 3 nitrogen and oxygen atoms in total. The van der Waals surface area contributed by atoms with Crippen LogP contribution in [0.15, 0.2) is 46.9 Å². The molecule has 0 radical (unpaired) electrons. The predicted molar refractivity (Wildman–Crippen MR) is 77.2 cm³/mol. The molecule has 0 aliphatic rings. The van der Waals surface area contributed by atoms with Crippen molar-refractivity contribution < 1.29 is 14.6 Å². The van der Waals surface area contributed by atoms with Gasteiger partial charge in [0, 0.05) is 4.47 Å². The normalized spacial score (nSPS) is 10.2. The number of hydrogen-bond donors (Lipinski definition) is 1. The monoisotopic (exact) mass is 320 g/mol. The second-order valence-corrected chi connectivity index (χ2v) is 4.91. The van der Waals surface area contributed by atoms with E-state index in [9.17, 15) is 9.90 Å². The van der Waals surface area contributed by atoms with Crippen LogP contribution in [0.1, 0.15) is 17.3 Å². The molecule has 0 spiro atoms. The molecule has 0 bridgehead atoms. The van der Waals surface area contributed by atoms with Gasteiger partial charge in [0.15, 0.2) is 0 Å². The number of rotatable bonds is 3. The highest BCUT2D eigenvalue weighted by molar-refractivity contribution is 9.10. The van der Waals surface area contributed by atoms with E-state index in [0.29, 0.717) is 12.2 Å². The van der Waals surface area contributed by atoms with Gasteiger partial charge in [-0.1, -0.05) is 28.1 Å². The minimum Gasteiger partial charge on any atom is -0.508 e. The number of esters is 1. The van der Waals surface area contributed by atoms with Gasteiger partial charge in [-0.2, -0.15) is 0 Å². The van der Waals surface area contributed by atoms with Crippen LogP contribution in [0.3, 0.4) is 0 Å². The maximum Gasteiger partial charge on any atom is 0.338 e. The second-order valence-electron chi connectivity index (χ2n) is 4.00. The van der Waals surface area contributed by atoms with E-state index in [2.05, 4.69) is 15.9 Å². The maximum atomic E-state index is 11.5. The number of aromatic hydroxyl groups is 1. The van der Waals surface area contributed by atoms with Crippen LogP contribution in [0.5, 0.6) is 5.75 Å². The number of phenolic OH excluding ortho intramolecular Hbond substituents is 1. The molecule has 2 aromatic carbocycles. The number of hydrogen-bond acceptors (Lipinski definition) is 3. The Morgan fingerprint density at radius 2 is 1.84 bits per heavy atom. The molecular weight excluding hydrogens is 308 g/mol. The van der Waals surface area contributed by atoms with Gasteiger partial charge in [0.1, 0.15) is 5.75 Å². The summed E-state index contributed by atoms with van der Waals surface area (Å²) in [4.78, 5) is 11.5. The summed E-state index contributed by atoms with van der Waals surface area (Å²) in [5.41, 5.74) is 2.32. The van der Waals surface area contributed by atoms with Crippen molar-refractivity contribution in [1.29, 1.82) is 0 Å². The van der Waals surface area contributed by atoms with Crippen molar-refractivity contribution in [3.8, 4) is 16.9 Å². The van der Waals surface area contributed by atoms with E-state index in [0.717, 1.165) is 15.6 Å². The first-order valence-electron chi connectivity index (χ1n) is 5.87. The van der Waals surface area contributed by atoms with Crippen LogP contribution in [0, 0.1) is 0 Å². The lowest BCUT2D eigenvalue weighted by Crippen LogP contribution is -2.03. The van der Waals surface area contributed by atoms with Crippen LogP contribution >= 0.6 is 15.9 Å². The molecule has 0 aliphatic heterocycles. The van der Waals surface area contributed by atoms with E-state index in [1.165, 1.54) is 0 Å². The van der Waals surface area contributed by atoms with E-state index in [1.807, 2.05) is 18.2 Å². The SMILES string of the molecule is CCOC(=O)c1ccc(-c2cc(O)cc(Br)c2)cc1. The third-order valence-corrected chi connectivity index (χ3v) is 3.07. The summed E-state index contributed by atoms with van der Waals surface area (Å²) in [5.74, 6) is -0.134. The highest BCUT2D eigenvalue weighted by Crippen LogP contribution is 2.28. The standard InChI is InChI=1S/C15H13BrO3/c1-2-19-15(18)11-5-3-10(4-6-11)12-7-13(16)9-14(17)8-12/h3-9,17H,2H2,1H3. The van der Waals surface area contributed by atoms with Crippen molar-refractivity contribution in [1.82, 2.24) is 0 Å². The molecule has 4 heteroatoms. The quantitative estimate of drug-likeness (QED) is 0.869. The number of carbonyl (C=O) groups excluding carboxylic acids is 1. The topological polar surface area (TPSA) is 46.5 Å². The van der Waals surface area contributed by atoms with Crippen molar-refractivity contribution in [2.75, 3.05) is 6.61 Å². The second kappa shape index (κ2) is 5.89. The van der Waals surface area contributed by atoms with Gasteiger partial charge in [0.25, 0.3) is 0 Å². The van der Waals surface area contributed by atoms with Gasteiger partial charge in [0.2, 0.25) is 0 Å². The number of benzene rings is 2. The molecular formula is C15H13BrO3. The molecule has 0 amide bonds. The molecule has 2 rings (SSSR count). The van der Waals surface area contributed by atoms with Crippen LogP contribution in [0.4, 0.5) is 0 Å². The number of ether oxygens (including phenoxy) is 1. The third-order valence-electron chi connectivity index (χ3n) is 2.61. The van der Waals surface area contributed by atoms with Crippen molar-refractivity contribution in [3.63, 3.8) is 0 Å². The van der Waals surface area contributed by atoms with E-state index in [4.69, 9.17) is 4.74 Å². The van der Waals surface area contributed by atoms with Crippen molar-refractivity contribution in [2.24, 2.45) is 0 Å². The zero-order valence-electron chi connectivity index (χ0n) is 10.4. The minimum absolute atomic E-state index is 0.193.